The van der Waals surface area contributed by atoms with Gasteiger partial charge in [0.2, 0.25) is 0 Å². The zero-order valence-electron chi connectivity index (χ0n) is 12.1. The number of hydrogen-bond donors (Lipinski definition) is 3. The fourth-order valence-corrected chi connectivity index (χ4v) is 2.25. The number of urea groups is 1. The molecule has 2 rings (SSSR count). The zero-order valence-corrected chi connectivity index (χ0v) is 12.9. The Morgan fingerprint density at radius 3 is 2.45 bits per heavy atom. The minimum atomic E-state index is -0.579. The van der Waals surface area contributed by atoms with Crippen LogP contribution in [0.1, 0.15) is 23.7 Å². The smallest absolute Gasteiger partial charge is 0.315 e. The van der Waals surface area contributed by atoms with Gasteiger partial charge in [0, 0.05) is 18.1 Å². The second-order valence-electron chi connectivity index (χ2n) is 4.92. The lowest BCUT2D eigenvalue weighted by Gasteiger charge is -2.12. The van der Waals surface area contributed by atoms with E-state index in [1.165, 1.54) is 0 Å². The molecule has 1 unspecified atom stereocenters. The van der Waals surface area contributed by atoms with Crippen LogP contribution in [0.4, 0.5) is 4.79 Å². The fraction of sp³-hybridized carbons (Fsp3) is 0.235. The monoisotopic (exact) mass is 318 g/mol. The van der Waals surface area contributed by atoms with Crippen molar-refractivity contribution in [3.05, 3.63) is 70.7 Å². The van der Waals surface area contributed by atoms with Crippen molar-refractivity contribution in [1.82, 2.24) is 10.6 Å². The van der Waals surface area contributed by atoms with Crippen LogP contribution in [0, 0.1) is 0 Å². The molecule has 0 saturated carbocycles. The number of rotatable bonds is 6. The molecule has 0 aliphatic rings. The third-order valence-electron chi connectivity index (χ3n) is 3.28. The van der Waals surface area contributed by atoms with E-state index in [2.05, 4.69) is 10.6 Å². The summed E-state index contributed by atoms with van der Waals surface area (Å²) in [7, 11) is 0. The zero-order chi connectivity index (χ0) is 15.8. The van der Waals surface area contributed by atoms with Crippen molar-refractivity contribution in [3.8, 4) is 0 Å². The van der Waals surface area contributed by atoms with Crippen LogP contribution in [0.3, 0.4) is 0 Å². The van der Waals surface area contributed by atoms with Crippen molar-refractivity contribution in [2.45, 2.75) is 19.1 Å². The maximum Gasteiger partial charge on any atom is 0.315 e. The van der Waals surface area contributed by atoms with Gasteiger partial charge in [-0.05, 0) is 23.6 Å². The van der Waals surface area contributed by atoms with Gasteiger partial charge in [0.1, 0.15) is 0 Å². The lowest BCUT2D eigenvalue weighted by Crippen LogP contribution is -2.36. The molecule has 2 aromatic carbocycles. The first kappa shape index (κ1) is 16.3. The fourth-order valence-electron chi connectivity index (χ4n) is 2.04. The average molecular weight is 319 g/mol. The number of amides is 2. The minimum Gasteiger partial charge on any atom is -0.388 e. The summed E-state index contributed by atoms with van der Waals surface area (Å²) >= 11 is 6.02. The maximum absolute atomic E-state index is 11.7. The summed E-state index contributed by atoms with van der Waals surface area (Å²) < 4.78 is 0. The summed E-state index contributed by atoms with van der Waals surface area (Å²) in [5.74, 6) is 0. The number of benzene rings is 2. The van der Waals surface area contributed by atoms with Crippen LogP contribution in [0.2, 0.25) is 5.02 Å². The van der Waals surface area contributed by atoms with E-state index in [1.807, 2.05) is 48.5 Å². The number of hydrogen-bond acceptors (Lipinski definition) is 2. The standard InChI is InChI=1S/C17H19ClN2O2/c18-15-9-5-4-8-14(15)12-20-17(22)19-11-10-16(21)13-6-2-1-3-7-13/h1-9,16,21H,10-12H2,(H2,19,20,22). The first-order chi connectivity index (χ1) is 10.7. The summed E-state index contributed by atoms with van der Waals surface area (Å²) in [4.78, 5) is 11.7. The summed E-state index contributed by atoms with van der Waals surface area (Å²) in [6, 6.07) is 16.5. The third kappa shape index (κ3) is 5.06. The maximum atomic E-state index is 11.7. The molecule has 4 nitrogen and oxygen atoms in total. The van der Waals surface area contributed by atoms with Crippen LogP contribution in [0.5, 0.6) is 0 Å². The first-order valence-electron chi connectivity index (χ1n) is 7.15. The highest BCUT2D eigenvalue weighted by Crippen LogP contribution is 2.15. The van der Waals surface area contributed by atoms with Gasteiger partial charge in [-0.1, -0.05) is 60.1 Å². The Hall–Kier alpha value is -2.04. The van der Waals surface area contributed by atoms with Gasteiger partial charge in [-0.3, -0.25) is 0 Å². The van der Waals surface area contributed by atoms with Gasteiger partial charge in [-0.2, -0.15) is 0 Å². The van der Waals surface area contributed by atoms with Crippen LogP contribution in [-0.4, -0.2) is 17.7 Å². The molecule has 0 bridgehead atoms. The first-order valence-corrected chi connectivity index (χ1v) is 7.52. The van der Waals surface area contributed by atoms with E-state index in [9.17, 15) is 9.90 Å². The molecule has 1 atom stereocenters. The Kier molecular flexibility index (Phi) is 6.25. The molecule has 0 spiro atoms. The Labute approximate surface area is 135 Å². The van der Waals surface area contributed by atoms with Crippen LogP contribution < -0.4 is 10.6 Å². The summed E-state index contributed by atoms with van der Waals surface area (Å²) in [6.07, 6.45) is -0.117. The predicted molar refractivity (Wildman–Crippen MR) is 87.7 cm³/mol. The van der Waals surface area contributed by atoms with Crippen molar-refractivity contribution in [3.63, 3.8) is 0 Å². The van der Waals surface area contributed by atoms with Crippen molar-refractivity contribution < 1.29 is 9.90 Å². The van der Waals surface area contributed by atoms with E-state index in [-0.39, 0.29) is 6.03 Å². The normalized spacial score (nSPS) is 11.7. The lowest BCUT2D eigenvalue weighted by atomic mass is 10.1. The molecule has 0 radical (unpaired) electrons. The van der Waals surface area contributed by atoms with Gasteiger partial charge in [0.05, 0.1) is 6.10 Å². The number of aliphatic hydroxyl groups excluding tert-OH is 1. The SMILES string of the molecule is O=C(NCCC(O)c1ccccc1)NCc1ccccc1Cl. The highest BCUT2D eigenvalue weighted by atomic mass is 35.5. The Morgan fingerprint density at radius 1 is 1.05 bits per heavy atom. The van der Waals surface area contributed by atoms with Gasteiger partial charge in [-0.15, -0.1) is 0 Å². The van der Waals surface area contributed by atoms with Gasteiger partial charge >= 0.3 is 6.03 Å². The average Bonchev–Trinajstić information content (AvgIpc) is 2.55. The van der Waals surface area contributed by atoms with Crippen molar-refractivity contribution in [2.24, 2.45) is 0 Å². The molecule has 0 aromatic heterocycles. The number of carbonyl (C=O) groups is 1. The highest BCUT2D eigenvalue weighted by Gasteiger charge is 2.08. The predicted octanol–water partition coefficient (Wildman–Crippen LogP) is 3.26. The highest BCUT2D eigenvalue weighted by molar-refractivity contribution is 6.31. The number of nitrogens with one attached hydrogen (secondary N) is 2. The molecule has 2 aromatic rings. The molecule has 5 heteroatoms. The molecular weight excluding hydrogens is 300 g/mol. The van der Waals surface area contributed by atoms with E-state index in [0.717, 1.165) is 11.1 Å². The molecule has 0 aliphatic carbocycles. The summed E-state index contributed by atoms with van der Waals surface area (Å²) in [6.45, 7) is 0.761. The van der Waals surface area contributed by atoms with Crippen LogP contribution >= 0.6 is 11.6 Å². The molecule has 116 valence electrons. The molecule has 0 saturated heterocycles. The van der Waals surface area contributed by atoms with E-state index < -0.39 is 6.10 Å². The van der Waals surface area contributed by atoms with Crippen LogP contribution in [-0.2, 0) is 6.54 Å². The topological polar surface area (TPSA) is 61.4 Å². The molecular formula is C17H19ClN2O2. The second-order valence-corrected chi connectivity index (χ2v) is 5.32. The minimum absolute atomic E-state index is 0.278. The summed E-state index contributed by atoms with van der Waals surface area (Å²) in [5, 5.41) is 16.1. The van der Waals surface area contributed by atoms with Crippen molar-refractivity contribution in [2.75, 3.05) is 6.54 Å². The molecule has 3 N–H and O–H groups in total. The largest absolute Gasteiger partial charge is 0.388 e. The van der Waals surface area contributed by atoms with Crippen LogP contribution in [0.15, 0.2) is 54.6 Å². The van der Waals surface area contributed by atoms with Gasteiger partial charge in [0.25, 0.3) is 0 Å². The quantitative estimate of drug-likeness (QED) is 0.765. The molecule has 0 aliphatic heterocycles. The third-order valence-corrected chi connectivity index (χ3v) is 3.65. The molecule has 0 heterocycles. The number of halogens is 1. The number of carbonyl (C=O) groups excluding carboxylic acids is 1. The lowest BCUT2D eigenvalue weighted by molar-refractivity contribution is 0.167. The van der Waals surface area contributed by atoms with Gasteiger partial charge in [-0.25, -0.2) is 4.79 Å². The Bertz CT molecular complexity index is 605. The summed E-state index contributed by atoms with van der Waals surface area (Å²) in [5.41, 5.74) is 1.71. The van der Waals surface area contributed by atoms with E-state index >= 15 is 0 Å². The van der Waals surface area contributed by atoms with Gasteiger partial charge < -0.3 is 15.7 Å². The second kappa shape index (κ2) is 8.41. The number of aliphatic hydroxyl groups is 1. The Balaban J connectivity index is 1.69. The van der Waals surface area contributed by atoms with Crippen molar-refractivity contribution >= 4 is 17.6 Å². The van der Waals surface area contributed by atoms with E-state index in [1.54, 1.807) is 6.07 Å². The molecule has 2 amide bonds. The molecule has 0 fully saturated rings. The van der Waals surface area contributed by atoms with Crippen LogP contribution in [0.25, 0.3) is 0 Å². The van der Waals surface area contributed by atoms with Crippen molar-refractivity contribution in [1.29, 1.82) is 0 Å². The molecule has 22 heavy (non-hydrogen) atoms. The van der Waals surface area contributed by atoms with E-state index in [0.29, 0.717) is 24.5 Å². The Morgan fingerprint density at radius 2 is 1.73 bits per heavy atom. The van der Waals surface area contributed by atoms with E-state index in [4.69, 9.17) is 11.6 Å². The van der Waals surface area contributed by atoms with Gasteiger partial charge in [0.15, 0.2) is 0 Å².